The Hall–Kier alpha value is -1.27. The van der Waals surface area contributed by atoms with Crippen LogP contribution in [0, 0.1) is 0 Å². The van der Waals surface area contributed by atoms with E-state index in [9.17, 15) is 0 Å². The Bertz CT molecular complexity index is 564. The molecule has 1 aromatic carbocycles. The standard InChI is InChI=1S/C12H13BrN2O3/c1-16-9-3-2-8(13)11-10(9)14-12(18-11)15-4-6-17-7-5-15/h2-3H,4-7H2,1H3. The summed E-state index contributed by atoms with van der Waals surface area (Å²) in [4.78, 5) is 6.60. The van der Waals surface area contributed by atoms with E-state index in [0.29, 0.717) is 19.2 Å². The predicted octanol–water partition coefficient (Wildman–Crippen LogP) is 2.44. The van der Waals surface area contributed by atoms with E-state index in [-0.39, 0.29) is 0 Å². The van der Waals surface area contributed by atoms with Gasteiger partial charge in [-0.05, 0) is 28.1 Å². The number of halogens is 1. The first-order chi connectivity index (χ1) is 8.79. The normalized spacial score (nSPS) is 16.2. The van der Waals surface area contributed by atoms with Crippen LogP contribution in [0.5, 0.6) is 5.75 Å². The molecule has 3 rings (SSSR count). The third-order valence-electron chi connectivity index (χ3n) is 2.95. The van der Waals surface area contributed by atoms with Gasteiger partial charge in [-0.2, -0.15) is 4.98 Å². The van der Waals surface area contributed by atoms with Gasteiger partial charge in [0.05, 0.1) is 24.8 Å². The molecule has 0 saturated carbocycles. The van der Waals surface area contributed by atoms with Crippen molar-refractivity contribution in [2.24, 2.45) is 0 Å². The van der Waals surface area contributed by atoms with Crippen molar-refractivity contribution in [2.45, 2.75) is 0 Å². The highest BCUT2D eigenvalue weighted by Crippen LogP contribution is 2.34. The summed E-state index contributed by atoms with van der Waals surface area (Å²) in [5, 5.41) is 0. The zero-order valence-electron chi connectivity index (χ0n) is 9.98. The zero-order valence-corrected chi connectivity index (χ0v) is 11.6. The number of anilines is 1. The Kier molecular flexibility index (Phi) is 3.13. The summed E-state index contributed by atoms with van der Waals surface area (Å²) < 4.78 is 17.3. The van der Waals surface area contributed by atoms with Gasteiger partial charge in [0.25, 0.3) is 6.01 Å². The van der Waals surface area contributed by atoms with Gasteiger partial charge in [-0.15, -0.1) is 0 Å². The van der Waals surface area contributed by atoms with Crippen molar-refractivity contribution in [2.75, 3.05) is 38.3 Å². The van der Waals surface area contributed by atoms with Crippen LogP contribution in [0.4, 0.5) is 6.01 Å². The lowest BCUT2D eigenvalue weighted by Crippen LogP contribution is -2.36. The van der Waals surface area contributed by atoms with Crippen LogP contribution < -0.4 is 9.64 Å². The van der Waals surface area contributed by atoms with E-state index in [1.165, 1.54) is 0 Å². The van der Waals surface area contributed by atoms with Gasteiger partial charge in [-0.25, -0.2) is 0 Å². The summed E-state index contributed by atoms with van der Waals surface area (Å²) >= 11 is 3.47. The third-order valence-corrected chi connectivity index (χ3v) is 3.57. The summed E-state index contributed by atoms with van der Waals surface area (Å²) in [6.45, 7) is 3.01. The summed E-state index contributed by atoms with van der Waals surface area (Å²) in [5.74, 6) is 0.719. The summed E-state index contributed by atoms with van der Waals surface area (Å²) in [5.41, 5.74) is 1.46. The van der Waals surface area contributed by atoms with E-state index in [2.05, 4.69) is 25.8 Å². The Morgan fingerprint density at radius 1 is 1.33 bits per heavy atom. The highest BCUT2D eigenvalue weighted by atomic mass is 79.9. The van der Waals surface area contributed by atoms with Crippen molar-refractivity contribution in [3.05, 3.63) is 16.6 Å². The van der Waals surface area contributed by atoms with Crippen LogP contribution in [0.3, 0.4) is 0 Å². The van der Waals surface area contributed by atoms with E-state index in [0.717, 1.165) is 34.4 Å². The second-order valence-corrected chi connectivity index (χ2v) is 4.88. The molecule has 0 unspecified atom stereocenters. The molecule has 18 heavy (non-hydrogen) atoms. The fourth-order valence-corrected chi connectivity index (χ4v) is 2.40. The maximum atomic E-state index is 5.81. The number of hydrogen-bond donors (Lipinski definition) is 0. The molecular weight excluding hydrogens is 300 g/mol. The molecule has 0 radical (unpaired) electrons. The second-order valence-electron chi connectivity index (χ2n) is 4.02. The molecule has 1 aromatic heterocycles. The smallest absolute Gasteiger partial charge is 0.298 e. The zero-order chi connectivity index (χ0) is 12.5. The summed E-state index contributed by atoms with van der Waals surface area (Å²) in [6, 6.07) is 4.39. The molecule has 1 aliphatic rings. The number of hydrogen-bond acceptors (Lipinski definition) is 5. The molecule has 1 fully saturated rings. The molecule has 6 heteroatoms. The molecular formula is C12H13BrN2O3. The minimum Gasteiger partial charge on any atom is -0.494 e. The lowest BCUT2D eigenvalue weighted by atomic mass is 10.3. The lowest BCUT2D eigenvalue weighted by molar-refractivity contribution is 0.120. The molecule has 2 heterocycles. The Labute approximate surface area is 113 Å². The fourth-order valence-electron chi connectivity index (χ4n) is 2.00. The van der Waals surface area contributed by atoms with Crippen molar-refractivity contribution in [3.63, 3.8) is 0 Å². The van der Waals surface area contributed by atoms with Crippen molar-refractivity contribution in [1.29, 1.82) is 0 Å². The number of benzene rings is 1. The molecule has 2 aromatic rings. The number of fused-ring (bicyclic) bond motifs is 1. The van der Waals surface area contributed by atoms with Crippen molar-refractivity contribution in [1.82, 2.24) is 4.98 Å². The predicted molar refractivity (Wildman–Crippen MR) is 71.3 cm³/mol. The van der Waals surface area contributed by atoms with Crippen molar-refractivity contribution in [3.8, 4) is 5.75 Å². The number of rotatable bonds is 2. The van der Waals surface area contributed by atoms with E-state index in [1.54, 1.807) is 7.11 Å². The highest BCUT2D eigenvalue weighted by Gasteiger charge is 2.19. The molecule has 0 spiro atoms. The molecule has 0 bridgehead atoms. The average molecular weight is 313 g/mol. The largest absolute Gasteiger partial charge is 0.494 e. The maximum absolute atomic E-state index is 5.81. The van der Waals surface area contributed by atoms with Gasteiger partial charge >= 0.3 is 0 Å². The topological polar surface area (TPSA) is 47.7 Å². The van der Waals surface area contributed by atoms with Gasteiger partial charge in [0.2, 0.25) is 0 Å². The Morgan fingerprint density at radius 3 is 2.83 bits per heavy atom. The van der Waals surface area contributed by atoms with Gasteiger partial charge < -0.3 is 18.8 Å². The van der Waals surface area contributed by atoms with E-state index in [1.807, 2.05) is 12.1 Å². The highest BCUT2D eigenvalue weighted by molar-refractivity contribution is 9.10. The van der Waals surface area contributed by atoms with E-state index >= 15 is 0 Å². The van der Waals surface area contributed by atoms with Gasteiger partial charge in [-0.3, -0.25) is 0 Å². The summed E-state index contributed by atoms with van der Waals surface area (Å²) in [7, 11) is 1.63. The van der Waals surface area contributed by atoms with Gasteiger partial charge in [0.1, 0.15) is 5.75 Å². The van der Waals surface area contributed by atoms with Crippen LogP contribution in [0.25, 0.3) is 11.1 Å². The SMILES string of the molecule is COc1ccc(Br)c2oc(N3CCOCC3)nc12. The number of nitrogens with zero attached hydrogens (tertiary/aromatic N) is 2. The number of ether oxygens (including phenoxy) is 2. The Balaban J connectivity index is 2.06. The minimum absolute atomic E-state index is 0.624. The van der Waals surface area contributed by atoms with Crippen molar-refractivity contribution < 1.29 is 13.9 Å². The maximum Gasteiger partial charge on any atom is 0.298 e. The number of oxazole rings is 1. The lowest BCUT2D eigenvalue weighted by Gasteiger charge is -2.24. The van der Waals surface area contributed by atoms with E-state index < -0.39 is 0 Å². The molecule has 0 amide bonds. The molecule has 96 valence electrons. The van der Waals surface area contributed by atoms with Crippen LogP contribution in [0.2, 0.25) is 0 Å². The van der Waals surface area contributed by atoms with Crippen LogP contribution >= 0.6 is 15.9 Å². The molecule has 1 aliphatic heterocycles. The molecule has 0 atom stereocenters. The second kappa shape index (κ2) is 4.78. The molecule has 0 aliphatic carbocycles. The fraction of sp³-hybridized carbons (Fsp3) is 0.417. The first-order valence-electron chi connectivity index (χ1n) is 5.75. The van der Waals surface area contributed by atoms with E-state index in [4.69, 9.17) is 13.9 Å². The number of methoxy groups -OCH3 is 1. The minimum atomic E-state index is 0.624. The number of aromatic nitrogens is 1. The monoisotopic (exact) mass is 312 g/mol. The van der Waals surface area contributed by atoms with Crippen LogP contribution in [-0.2, 0) is 4.74 Å². The molecule has 0 N–H and O–H groups in total. The summed E-state index contributed by atoms with van der Waals surface area (Å²) in [6.07, 6.45) is 0. The quantitative estimate of drug-likeness (QED) is 0.852. The molecule has 1 saturated heterocycles. The van der Waals surface area contributed by atoms with Gasteiger partial charge in [0.15, 0.2) is 11.1 Å². The van der Waals surface area contributed by atoms with Gasteiger partial charge in [-0.1, -0.05) is 0 Å². The van der Waals surface area contributed by atoms with Crippen LogP contribution in [0.1, 0.15) is 0 Å². The van der Waals surface area contributed by atoms with Crippen molar-refractivity contribution >= 4 is 33.0 Å². The first-order valence-corrected chi connectivity index (χ1v) is 6.54. The average Bonchev–Trinajstić information content (AvgIpc) is 2.86. The van der Waals surface area contributed by atoms with Gasteiger partial charge in [0, 0.05) is 13.1 Å². The number of morpholine rings is 1. The van der Waals surface area contributed by atoms with Crippen LogP contribution in [-0.4, -0.2) is 38.4 Å². The molecule has 5 nitrogen and oxygen atoms in total. The first kappa shape index (κ1) is 11.8. The van der Waals surface area contributed by atoms with Crippen LogP contribution in [0.15, 0.2) is 21.0 Å². The Morgan fingerprint density at radius 2 is 2.11 bits per heavy atom. The third kappa shape index (κ3) is 1.95.